The molecule has 0 N–H and O–H groups in total. The lowest BCUT2D eigenvalue weighted by atomic mass is 9.99. The van der Waals surface area contributed by atoms with Crippen molar-refractivity contribution in [3.63, 3.8) is 0 Å². The standard InChI is InChI=1S/C22H35NO7/c1-6-13-26-18-20(28-15-8-3)22(30-17-10-5)21(29-16-9-4)19(27-14-7-2)11-12-23(24)25/h6-10,19-22H,1-5,11-18H2/t19-,20+,21+,22+/m0/s1. The number of rotatable bonds is 22. The van der Waals surface area contributed by atoms with Crippen molar-refractivity contribution in [1.29, 1.82) is 0 Å². The molecule has 0 aromatic heterocycles. The molecule has 0 amide bonds. The predicted molar refractivity (Wildman–Crippen MR) is 117 cm³/mol. The van der Waals surface area contributed by atoms with Gasteiger partial charge in [0.15, 0.2) is 0 Å². The number of hydrogen-bond acceptors (Lipinski definition) is 7. The van der Waals surface area contributed by atoms with Crippen LogP contribution in [0.1, 0.15) is 6.42 Å². The molecule has 0 saturated heterocycles. The van der Waals surface area contributed by atoms with Gasteiger partial charge < -0.3 is 23.7 Å². The Morgan fingerprint density at radius 2 is 1.13 bits per heavy atom. The van der Waals surface area contributed by atoms with Gasteiger partial charge in [0.1, 0.15) is 18.3 Å². The molecule has 30 heavy (non-hydrogen) atoms. The molecule has 0 heterocycles. The summed E-state index contributed by atoms with van der Waals surface area (Å²) in [6.07, 6.45) is 5.58. The van der Waals surface area contributed by atoms with E-state index < -0.39 is 29.3 Å². The van der Waals surface area contributed by atoms with E-state index in [1.54, 1.807) is 30.4 Å². The van der Waals surface area contributed by atoms with Crippen molar-refractivity contribution in [3.8, 4) is 0 Å². The van der Waals surface area contributed by atoms with Crippen LogP contribution < -0.4 is 0 Å². The molecule has 0 bridgehead atoms. The van der Waals surface area contributed by atoms with Gasteiger partial charge in [-0.15, -0.1) is 32.9 Å². The highest BCUT2D eigenvalue weighted by Gasteiger charge is 2.38. The average molecular weight is 426 g/mol. The summed E-state index contributed by atoms with van der Waals surface area (Å²) in [7, 11) is 0. The van der Waals surface area contributed by atoms with Crippen LogP contribution in [0.5, 0.6) is 0 Å². The highest BCUT2D eigenvalue weighted by Crippen LogP contribution is 2.21. The van der Waals surface area contributed by atoms with E-state index in [0.717, 1.165) is 0 Å². The van der Waals surface area contributed by atoms with Gasteiger partial charge in [0.2, 0.25) is 6.54 Å². The summed E-state index contributed by atoms with van der Waals surface area (Å²) < 4.78 is 29.3. The molecule has 8 nitrogen and oxygen atoms in total. The first-order chi connectivity index (χ1) is 14.5. The van der Waals surface area contributed by atoms with E-state index in [9.17, 15) is 10.1 Å². The third-order valence-corrected chi connectivity index (χ3v) is 3.84. The summed E-state index contributed by atoms with van der Waals surface area (Å²) in [6.45, 7) is 19.4. The summed E-state index contributed by atoms with van der Waals surface area (Å²) in [5.74, 6) is 0. The van der Waals surface area contributed by atoms with E-state index in [4.69, 9.17) is 23.7 Å². The van der Waals surface area contributed by atoms with Crippen molar-refractivity contribution in [2.24, 2.45) is 0 Å². The van der Waals surface area contributed by atoms with Crippen LogP contribution >= 0.6 is 0 Å². The summed E-state index contributed by atoms with van der Waals surface area (Å²) >= 11 is 0. The highest BCUT2D eigenvalue weighted by atomic mass is 16.6. The molecule has 0 aliphatic rings. The van der Waals surface area contributed by atoms with Gasteiger partial charge in [0, 0.05) is 11.3 Å². The van der Waals surface area contributed by atoms with E-state index in [0.29, 0.717) is 6.61 Å². The lowest BCUT2D eigenvalue weighted by Gasteiger charge is -2.36. The second-order valence-electron chi connectivity index (χ2n) is 6.17. The normalized spacial score (nSPS) is 14.8. The lowest BCUT2D eigenvalue weighted by molar-refractivity contribution is -0.482. The number of nitrogens with zero attached hydrogens (tertiary/aromatic N) is 1. The number of ether oxygens (including phenoxy) is 5. The van der Waals surface area contributed by atoms with Gasteiger partial charge in [-0.05, 0) is 0 Å². The summed E-state index contributed by atoms with van der Waals surface area (Å²) in [6, 6.07) is 0. The van der Waals surface area contributed by atoms with E-state index in [2.05, 4.69) is 32.9 Å². The first-order valence-corrected chi connectivity index (χ1v) is 9.76. The fourth-order valence-corrected chi connectivity index (χ4v) is 2.65. The summed E-state index contributed by atoms with van der Waals surface area (Å²) in [4.78, 5) is 10.6. The third-order valence-electron chi connectivity index (χ3n) is 3.84. The molecule has 0 rings (SSSR count). The molecule has 4 atom stereocenters. The highest BCUT2D eigenvalue weighted by molar-refractivity contribution is 4.89. The molecule has 0 aromatic rings. The van der Waals surface area contributed by atoms with Crippen molar-refractivity contribution in [2.75, 3.05) is 46.2 Å². The largest absolute Gasteiger partial charge is 0.375 e. The maximum atomic E-state index is 11.0. The van der Waals surface area contributed by atoms with Gasteiger partial charge in [-0.25, -0.2) is 0 Å². The van der Waals surface area contributed by atoms with Crippen LogP contribution in [0.4, 0.5) is 0 Å². The van der Waals surface area contributed by atoms with Crippen LogP contribution in [-0.2, 0) is 23.7 Å². The smallest absolute Gasteiger partial charge is 0.206 e. The Morgan fingerprint density at radius 1 is 0.700 bits per heavy atom. The minimum atomic E-state index is -0.690. The quantitative estimate of drug-likeness (QED) is 0.114. The van der Waals surface area contributed by atoms with E-state index in [1.165, 1.54) is 0 Å². The van der Waals surface area contributed by atoms with Crippen molar-refractivity contribution in [2.45, 2.75) is 30.8 Å². The SMILES string of the molecule is C=CCOC[C@@H](OCC=C)[C@@H](OCC=C)[C@H](OCC=C)[C@H](CC[N+](=O)[O-])OCC=C. The van der Waals surface area contributed by atoms with Gasteiger partial charge in [-0.3, -0.25) is 10.1 Å². The Labute approximate surface area is 179 Å². The van der Waals surface area contributed by atoms with Crippen molar-refractivity contribution in [1.82, 2.24) is 0 Å². The Hall–Kier alpha value is -2.10. The monoisotopic (exact) mass is 425 g/mol. The molecule has 0 aliphatic heterocycles. The van der Waals surface area contributed by atoms with Crippen molar-refractivity contribution >= 4 is 0 Å². The molecule has 0 fully saturated rings. The number of nitro groups is 1. The van der Waals surface area contributed by atoms with Crippen LogP contribution in [0, 0.1) is 10.1 Å². The second-order valence-corrected chi connectivity index (χ2v) is 6.17. The molecule has 8 heteroatoms. The van der Waals surface area contributed by atoms with Crippen LogP contribution in [0.2, 0.25) is 0 Å². The van der Waals surface area contributed by atoms with Crippen molar-refractivity contribution < 1.29 is 28.6 Å². The molecule has 0 spiro atoms. The van der Waals surface area contributed by atoms with Gasteiger partial charge in [0.05, 0.1) is 45.7 Å². The topological polar surface area (TPSA) is 89.3 Å². The first-order valence-electron chi connectivity index (χ1n) is 9.76. The zero-order valence-electron chi connectivity index (χ0n) is 17.7. The van der Waals surface area contributed by atoms with Crippen LogP contribution in [0.25, 0.3) is 0 Å². The van der Waals surface area contributed by atoms with Gasteiger partial charge in [0.25, 0.3) is 0 Å². The molecule has 0 aliphatic carbocycles. The second kappa shape index (κ2) is 18.9. The molecule has 0 unspecified atom stereocenters. The lowest BCUT2D eigenvalue weighted by Crippen LogP contribution is -2.51. The Kier molecular flexibility index (Phi) is 17.6. The molecule has 170 valence electrons. The third kappa shape index (κ3) is 12.5. The maximum Gasteiger partial charge on any atom is 0.206 e. The van der Waals surface area contributed by atoms with Crippen molar-refractivity contribution in [3.05, 3.63) is 73.4 Å². The fraction of sp³-hybridized carbons (Fsp3) is 0.545. The van der Waals surface area contributed by atoms with Crippen LogP contribution in [0.15, 0.2) is 63.3 Å². The molecular formula is C22H35NO7. The molecular weight excluding hydrogens is 390 g/mol. The first kappa shape index (κ1) is 27.9. The van der Waals surface area contributed by atoms with E-state index >= 15 is 0 Å². The Balaban J connectivity index is 5.84. The van der Waals surface area contributed by atoms with Crippen LogP contribution in [-0.4, -0.2) is 75.5 Å². The van der Waals surface area contributed by atoms with E-state index in [-0.39, 0.29) is 46.0 Å². The Morgan fingerprint density at radius 3 is 1.60 bits per heavy atom. The summed E-state index contributed by atoms with van der Waals surface area (Å²) in [5.41, 5.74) is 0. The van der Waals surface area contributed by atoms with Gasteiger partial charge in [-0.2, -0.15) is 0 Å². The average Bonchev–Trinajstić information content (AvgIpc) is 2.74. The molecule has 0 aromatic carbocycles. The molecule has 0 saturated carbocycles. The number of hydrogen-bond donors (Lipinski definition) is 0. The summed E-state index contributed by atoms with van der Waals surface area (Å²) in [5, 5.41) is 11.0. The maximum absolute atomic E-state index is 11.0. The minimum Gasteiger partial charge on any atom is -0.375 e. The zero-order valence-corrected chi connectivity index (χ0v) is 17.7. The Bertz CT molecular complexity index is 524. The fourth-order valence-electron chi connectivity index (χ4n) is 2.65. The molecule has 0 radical (unpaired) electrons. The van der Waals surface area contributed by atoms with E-state index in [1.807, 2.05) is 0 Å². The van der Waals surface area contributed by atoms with Gasteiger partial charge >= 0.3 is 0 Å². The van der Waals surface area contributed by atoms with Gasteiger partial charge in [-0.1, -0.05) is 30.4 Å². The zero-order chi connectivity index (χ0) is 22.6. The van der Waals surface area contributed by atoms with Crippen LogP contribution in [0.3, 0.4) is 0 Å². The predicted octanol–water partition coefficient (Wildman–Crippen LogP) is 3.14. The minimum absolute atomic E-state index is 0.123.